The zero-order chi connectivity index (χ0) is 9.19. The maximum atomic E-state index is 2.55. The highest BCUT2D eigenvalue weighted by molar-refractivity contribution is 5.03. The second kappa shape index (κ2) is 3.78. The molecule has 72 valence electrons. The van der Waals surface area contributed by atoms with Crippen molar-refractivity contribution in [3.8, 4) is 0 Å². The van der Waals surface area contributed by atoms with E-state index in [0.29, 0.717) is 0 Å². The molecule has 1 aliphatic carbocycles. The molecule has 12 heavy (non-hydrogen) atoms. The molecule has 1 spiro atoms. The van der Waals surface area contributed by atoms with Crippen LogP contribution in [0.25, 0.3) is 0 Å². The Morgan fingerprint density at radius 3 is 2.17 bits per heavy atom. The Bertz CT molecular complexity index is 138. The molecule has 2 aliphatic rings. The van der Waals surface area contributed by atoms with Gasteiger partial charge in [0, 0.05) is 12.6 Å². The Hall–Kier alpha value is -0.0400. The van der Waals surface area contributed by atoms with Gasteiger partial charge in [-0.2, -0.15) is 0 Å². The molecule has 1 aliphatic heterocycles. The van der Waals surface area contributed by atoms with Crippen LogP contribution in [0.3, 0.4) is 0 Å². The molecular weight excluding hydrogens is 146 g/mol. The summed E-state index contributed by atoms with van der Waals surface area (Å²) in [7, 11) is 2.28. The summed E-state index contributed by atoms with van der Waals surface area (Å²) < 4.78 is 0. The highest BCUT2D eigenvalue weighted by atomic mass is 15.2. The molecule has 1 heterocycles. The third-order valence-electron chi connectivity index (χ3n) is 3.31. The van der Waals surface area contributed by atoms with Crippen molar-refractivity contribution in [1.29, 1.82) is 0 Å². The van der Waals surface area contributed by atoms with E-state index in [1.54, 1.807) is 0 Å². The van der Waals surface area contributed by atoms with Crippen LogP contribution in [-0.2, 0) is 0 Å². The maximum absolute atomic E-state index is 2.55. The fourth-order valence-electron chi connectivity index (χ4n) is 2.37. The molecule has 2 rings (SSSR count). The number of likely N-dealkylation sites (tertiary alicyclic amines) is 1. The first-order chi connectivity index (χ1) is 5.76. The van der Waals surface area contributed by atoms with Crippen molar-refractivity contribution in [2.24, 2.45) is 5.41 Å². The smallest absolute Gasteiger partial charge is 0.00955 e. The van der Waals surface area contributed by atoms with E-state index in [0.717, 1.165) is 11.5 Å². The second-order valence-electron chi connectivity index (χ2n) is 4.18. The Labute approximate surface area is 77.1 Å². The maximum Gasteiger partial charge on any atom is 0.00955 e. The van der Waals surface area contributed by atoms with Crippen molar-refractivity contribution >= 4 is 0 Å². The van der Waals surface area contributed by atoms with Crippen LogP contribution in [0, 0.1) is 5.41 Å². The molecule has 1 saturated heterocycles. The van der Waals surface area contributed by atoms with Crippen molar-refractivity contribution < 1.29 is 0 Å². The van der Waals surface area contributed by atoms with Crippen molar-refractivity contribution in [2.75, 3.05) is 13.6 Å². The van der Waals surface area contributed by atoms with Crippen LogP contribution in [0.5, 0.6) is 0 Å². The minimum absolute atomic E-state index is 0.815. The largest absolute Gasteiger partial charge is 0.303 e. The Morgan fingerprint density at radius 2 is 1.92 bits per heavy atom. The molecule has 0 amide bonds. The van der Waals surface area contributed by atoms with E-state index < -0.39 is 0 Å². The summed E-state index contributed by atoms with van der Waals surface area (Å²) in [5, 5.41) is 0. The predicted octanol–water partition coefficient (Wildman–Crippen LogP) is 2.91. The number of hydrogen-bond acceptors (Lipinski definition) is 1. The van der Waals surface area contributed by atoms with E-state index in [9.17, 15) is 0 Å². The van der Waals surface area contributed by atoms with E-state index in [-0.39, 0.29) is 0 Å². The molecule has 0 N–H and O–H groups in total. The van der Waals surface area contributed by atoms with Gasteiger partial charge in [-0.1, -0.05) is 20.8 Å². The lowest BCUT2D eigenvalue weighted by atomic mass is 10.0. The Kier molecular flexibility index (Phi) is 3.16. The molecule has 0 aromatic rings. The van der Waals surface area contributed by atoms with E-state index >= 15 is 0 Å². The highest BCUT2D eigenvalue weighted by Gasteiger charge is 2.49. The van der Waals surface area contributed by atoms with E-state index in [4.69, 9.17) is 0 Å². The van der Waals surface area contributed by atoms with Gasteiger partial charge in [0.05, 0.1) is 0 Å². The Morgan fingerprint density at radius 1 is 1.33 bits per heavy atom. The first-order valence-electron chi connectivity index (χ1n) is 5.46. The van der Waals surface area contributed by atoms with Gasteiger partial charge in [0.2, 0.25) is 0 Å². The van der Waals surface area contributed by atoms with E-state index in [1.807, 2.05) is 13.8 Å². The first-order valence-corrected chi connectivity index (χ1v) is 5.46. The van der Waals surface area contributed by atoms with Crippen LogP contribution in [0.4, 0.5) is 0 Å². The zero-order valence-corrected chi connectivity index (χ0v) is 9.06. The molecule has 0 aromatic heterocycles. The molecular formula is C11H23N. The molecule has 2 fully saturated rings. The standard InChI is InChI=1S/C9H17N.C2H6/c1-3-8-6-9(4-5-9)7-10(8)2;1-2/h8H,3-7H2,1-2H3;1-2H3. The van der Waals surface area contributed by atoms with E-state index in [1.165, 1.54) is 32.2 Å². The van der Waals surface area contributed by atoms with Crippen LogP contribution < -0.4 is 0 Å². The van der Waals surface area contributed by atoms with Gasteiger partial charge in [0.25, 0.3) is 0 Å². The molecule has 1 atom stereocenters. The number of rotatable bonds is 1. The Balaban J connectivity index is 0.000000336. The molecule has 1 heteroatoms. The van der Waals surface area contributed by atoms with Gasteiger partial charge in [-0.3, -0.25) is 0 Å². The van der Waals surface area contributed by atoms with Gasteiger partial charge in [-0.25, -0.2) is 0 Å². The molecule has 0 bridgehead atoms. The van der Waals surface area contributed by atoms with Gasteiger partial charge < -0.3 is 4.90 Å². The normalized spacial score (nSPS) is 31.5. The zero-order valence-electron chi connectivity index (χ0n) is 9.06. The quantitative estimate of drug-likeness (QED) is 0.583. The van der Waals surface area contributed by atoms with Crippen LogP contribution >= 0.6 is 0 Å². The average molecular weight is 169 g/mol. The fourth-order valence-corrected chi connectivity index (χ4v) is 2.37. The summed E-state index contributed by atoms with van der Waals surface area (Å²) in [6.07, 6.45) is 5.85. The summed E-state index contributed by atoms with van der Waals surface area (Å²) in [5.41, 5.74) is 0.815. The van der Waals surface area contributed by atoms with Crippen LogP contribution in [-0.4, -0.2) is 24.5 Å². The lowest BCUT2D eigenvalue weighted by molar-refractivity contribution is 0.300. The lowest BCUT2D eigenvalue weighted by Gasteiger charge is -2.16. The second-order valence-corrected chi connectivity index (χ2v) is 4.18. The molecule has 0 aromatic carbocycles. The van der Waals surface area contributed by atoms with Crippen LogP contribution in [0.1, 0.15) is 46.5 Å². The summed E-state index contributed by atoms with van der Waals surface area (Å²) >= 11 is 0. The number of nitrogens with zero attached hydrogens (tertiary/aromatic N) is 1. The summed E-state index contributed by atoms with van der Waals surface area (Å²) in [4.78, 5) is 2.55. The van der Waals surface area contributed by atoms with Gasteiger partial charge in [0.15, 0.2) is 0 Å². The van der Waals surface area contributed by atoms with E-state index in [2.05, 4.69) is 18.9 Å². The average Bonchev–Trinajstić information content (AvgIpc) is 2.75. The SMILES string of the molecule is CC.CCC1CC2(CC2)CN1C. The van der Waals surface area contributed by atoms with Crippen molar-refractivity contribution in [3.05, 3.63) is 0 Å². The molecule has 1 saturated carbocycles. The van der Waals surface area contributed by atoms with Crippen molar-refractivity contribution in [2.45, 2.75) is 52.5 Å². The third-order valence-corrected chi connectivity index (χ3v) is 3.31. The first kappa shape index (κ1) is 10.0. The monoisotopic (exact) mass is 169 g/mol. The van der Waals surface area contributed by atoms with Crippen molar-refractivity contribution in [1.82, 2.24) is 4.90 Å². The fraction of sp³-hybridized carbons (Fsp3) is 1.00. The van der Waals surface area contributed by atoms with Gasteiger partial charge in [0.1, 0.15) is 0 Å². The van der Waals surface area contributed by atoms with Crippen molar-refractivity contribution in [3.63, 3.8) is 0 Å². The van der Waals surface area contributed by atoms with Gasteiger partial charge in [-0.15, -0.1) is 0 Å². The summed E-state index contributed by atoms with van der Waals surface area (Å²) in [6.45, 7) is 7.69. The third kappa shape index (κ3) is 1.82. The minimum Gasteiger partial charge on any atom is -0.303 e. The molecule has 1 nitrogen and oxygen atoms in total. The summed E-state index contributed by atoms with van der Waals surface area (Å²) in [6, 6.07) is 0.905. The molecule has 1 unspecified atom stereocenters. The minimum atomic E-state index is 0.815. The lowest BCUT2D eigenvalue weighted by Crippen LogP contribution is -2.23. The number of hydrogen-bond donors (Lipinski definition) is 0. The van der Waals surface area contributed by atoms with Gasteiger partial charge in [-0.05, 0) is 38.1 Å². The molecule has 0 radical (unpaired) electrons. The van der Waals surface area contributed by atoms with Crippen LogP contribution in [0.15, 0.2) is 0 Å². The highest BCUT2D eigenvalue weighted by Crippen LogP contribution is 2.54. The predicted molar refractivity (Wildman–Crippen MR) is 54.3 cm³/mol. The topological polar surface area (TPSA) is 3.24 Å². The van der Waals surface area contributed by atoms with Gasteiger partial charge >= 0.3 is 0 Å². The summed E-state index contributed by atoms with van der Waals surface area (Å²) in [5.74, 6) is 0. The van der Waals surface area contributed by atoms with Crippen LogP contribution in [0.2, 0.25) is 0 Å².